The van der Waals surface area contributed by atoms with Crippen molar-refractivity contribution in [3.05, 3.63) is 79.8 Å². The maximum Gasteiger partial charge on any atom is 0.416 e. The Kier molecular flexibility index (Phi) is 6.74. The Bertz CT molecular complexity index is 1540. The quantitative estimate of drug-likeness (QED) is 0.438. The number of thioether (sulfide) groups is 1. The SMILES string of the molecule is CC(C)(C)c1ccc([C@@H]2c3sc(=O)n(CC(=O)Nc4cccc(C(F)(F)F)c4)c3S[C@@H]3C(=O)NC(=O)[C@H]23)cc1. The van der Waals surface area contributed by atoms with E-state index in [1.165, 1.54) is 16.7 Å². The summed E-state index contributed by atoms with van der Waals surface area (Å²) < 4.78 is 40.4. The number of imide groups is 1. The topological polar surface area (TPSA) is 97.3 Å². The monoisotopic (exact) mass is 575 g/mol. The van der Waals surface area contributed by atoms with Crippen LogP contribution in [0.1, 0.15) is 48.3 Å². The number of carbonyl (C=O) groups is 3. The molecule has 3 amide bonds. The number of rotatable bonds is 4. The van der Waals surface area contributed by atoms with Crippen molar-refractivity contribution in [2.24, 2.45) is 5.92 Å². The lowest BCUT2D eigenvalue weighted by Crippen LogP contribution is -2.33. The number of aromatic nitrogens is 1. The van der Waals surface area contributed by atoms with Gasteiger partial charge in [0, 0.05) is 16.5 Å². The zero-order valence-corrected chi connectivity index (χ0v) is 22.7. The highest BCUT2D eigenvalue weighted by atomic mass is 32.2. The molecule has 0 unspecified atom stereocenters. The van der Waals surface area contributed by atoms with E-state index in [9.17, 15) is 32.3 Å². The van der Waals surface area contributed by atoms with Gasteiger partial charge in [0.25, 0.3) is 0 Å². The van der Waals surface area contributed by atoms with Crippen LogP contribution in [0.3, 0.4) is 0 Å². The molecule has 39 heavy (non-hydrogen) atoms. The van der Waals surface area contributed by atoms with Crippen LogP contribution in [0.25, 0.3) is 0 Å². The second kappa shape index (κ2) is 9.67. The summed E-state index contributed by atoms with van der Waals surface area (Å²) >= 11 is 1.96. The van der Waals surface area contributed by atoms with Crippen LogP contribution in [0.2, 0.25) is 0 Å². The van der Waals surface area contributed by atoms with Crippen LogP contribution in [0.5, 0.6) is 0 Å². The Morgan fingerprint density at radius 2 is 1.69 bits per heavy atom. The molecule has 204 valence electrons. The van der Waals surface area contributed by atoms with Gasteiger partial charge in [-0.3, -0.25) is 29.1 Å². The Hall–Kier alpha value is -3.38. The van der Waals surface area contributed by atoms with E-state index in [4.69, 9.17) is 0 Å². The third kappa shape index (κ3) is 5.14. The van der Waals surface area contributed by atoms with Gasteiger partial charge in [0.2, 0.25) is 17.7 Å². The van der Waals surface area contributed by atoms with Gasteiger partial charge in [-0.05, 0) is 34.7 Å². The van der Waals surface area contributed by atoms with Crippen molar-refractivity contribution in [2.75, 3.05) is 5.32 Å². The lowest BCUT2D eigenvalue weighted by atomic mass is 9.81. The van der Waals surface area contributed by atoms with Gasteiger partial charge in [-0.25, -0.2) is 0 Å². The highest BCUT2D eigenvalue weighted by molar-refractivity contribution is 8.00. The summed E-state index contributed by atoms with van der Waals surface area (Å²) in [5.74, 6) is -2.87. The predicted octanol–water partition coefficient (Wildman–Crippen LogP) is 4.74. The maximum atomic E-state index is 13.1. The number of benzene rings is 2. The Labute approximate surface area is 229 Å². The van der Waals surface area contributed by atoms with Crippen LogP contribution in [0.4, 0.5) is 18.9 Å². The minimum atomic E-state index is -4.57. The second-order valence-corrected chi connectivity index (χ2v) is 12.6. The Morgan fingerprint density at radius 3 is 2.33 bits per heavy atom. The summed E-state index contributed by atoms with van der Waals surface area (Å²) in [7, 11) is 0. The summed E-state index contributed by atoms with van der Waals surface area (Å²) in [6.45, 7) is 5.77. The molecular formula is C27H24F3N3O4S2. The van der Waals surface area contributed by atoms with E-state index in [0.29, 0.717) is 9.90 Å². The third-order valence-electron chi connectivity index (χ3n) is 6.80. The lowest BCUT2D eigenvalue weighted by Gasteiger charge is -2.31. The molecule has 12 heteroatoms. The molecule has 3 aromatic rings. The fourth-order valence-electron chi connectivity index (χ4n) is 4.84. The molecule has 3 heterocycles. The number of hydrogen-bond donors (Lipinski definition) is 2. The van der Waals surface area contributed by atoms with Crippen molar-refractivity contribution in [2.45, 2.75) is 55.1 Å². The smallest absolute Gasteiger partial charge is 0.325 e. The summed E-state index contributed by atoms with van der Waals surface area (Å²) in [5.41, 5.74) is 0.779. The number of anilines is 1. The molecule has 2 aromatic carbocycles. The van der Waals surface area contributed by atoms with Crippen molar-refractivity contribution in [3.8, 4) is 0 Å². The molecule has 0 bridgehead atoms. The molecule has 0 aliphatic carbocycles. The van der Waals surface area contributed by atoms with Gasteiger partial charge in [0.1, 0.15) is 11.8 Å². The first-order valence-electron chi connectivity index (χ1n) is 12.1. The number of nitrogens with zero attached hydrogens (tertiary/aromatic N) is 1. The first kappa shape index (κ1) is 27.2. The van der Waals surface area contributed by atoms with Gasteiger partial charge in [0.05, 0.1) is 16.5 Å². The van der Waals surface area contributed by atoms with Crippen LogP contribution in [-0.4, -0.2) is 27.5 Å². The van der Waals surface area contributed by atoms with E-state index < -0.39 is 58.0 Å². The standard InChI is InChI=1S/C27H24F3N3O4S2/c1-26(2,3)14-9-7-13(8-10-14)18-19-20(23(36)32-22(19)35)38-24-21(18)39-25(37)33(24)12-17(34)31-16-6-4-5-15(11-16)27(28,29)30/h4-11,18-20H,12H2,1-3H3,(H,31,34)(H,32,35,36)/t18-,19+,20-/m0/s1. The molecule has 7 nitrogen and oxygen atoms in total. The van der Waals surface area contributed by atoms with Gasteiger partial charge in [-0.1, -0.05) is 74.2 Å². The average molecular weight is 576 g/mol. The number of carbonyl (C=O) groups excluding carboxylic acids is 3. The molecule has 5 rings (SSSR count). The molecule has 0 radical (unpaired) electrons. The van der Waals surface area contributed by atoms with E-state index >= 15 is 0 Å². The predicted molar refractivity (Wildman–Crippen MR) is 142 cm³/mol. The van der Waals surface area contributed by atoms with Gasteiger partial charge < -0.3 is 5.32 Å². The van der Waals surface area contributed by atoms with E-state index in [2.05, 4.69) is 31.4 Å². The molecule has 2 N–H and O–H groups in total. The molecule has 1 fully saturated rings. The van der Waals surface area contributed by atoms with Crippen molar-refractivity contribution < 1.29 is 27.6 Å². The van der Waals surface area contributed by atoms with Gasteiger partial charge in [0.15, 0.2) is 0 Å². The normalized spacial score (nSPS) is 20.8. The van der Waals surface area contributed by atoms with Gasteiger partial charge >= 0.3 is 11.0 Å². The summed E-state index contributed by atoms with van der Waals surface area (Å²) in [4.78, 5) is 51.5. The first-order valence-corrected chi connectivity index (χ1v) is 13.8. The van der Waals surface area contributed by atoms with Crippen molar-refractivity contribution in [3.63, 3.8) is 0 Å². The molecule has 2 aliphatic rings. The number of amides is 3. The highest BCUT2D eigenvalue weighted by Gasteiger charge is 2.52. The zero-order chi connectivity index (χ0) is 28.3. The van der Waals surface area contributed by atoms with E-state index in [-0.39, 0.29) is 11.1 Å². The van der Waals surface area contributed by atoms with Gasteiger partial charge in [-0.15, -0.1) is 0 Å². The molecule has 2 aliphatic heterocycles. The summed E-state index contributed by atoms with van der Waals surface area (Å²) in [6.07, 6.45) is -4.57. The van der Waals surface area contributed by atoms with Gasteiger partial charge in [-0.2, -0.15) is 13.2 Å². The highest BCUT2D eigenvalue weighted by Crippen LogP contribution is 2.51. The fourth-order valence-corrected chi connectivity index (χ4v) is 7.58. The van der Waals surface area contributed by atoms with Crippen molar-refractivity contribution in [1.82, 2.24) is 9.88 Å². The third-order valence-corrected chi connectivity index (χ3v) is 9.41. The van der Waals surface area contributed by atoms with Crippen LogP contribution < -0.4 is 15.5 Å². The maximum absolute atomic E-state index is 13.1. The molecule has 0 spiro atoms. The zero-order valence-electron chi connectivity index (χ0n) is 21.1. The van der Waals surface area contributed by atoms with E-state index in [1.807, 2.05) is 24.3 Å². The average Bonchev–Trinajstić information content (AvgIpc) is 3.31. The van der Waals surface area contributed by atoms with Crippen LogP contribution in [0, 0.1) is 5.92 Å². The summed E-state index contributed by atoms with van der Waals surface area (Å²) in [5, 5.41) is 4.42. The minimum Gasteiger partial charge on any atom is -0.325 e. The Morgan fingerprint density at radius 1 is 1.00 bits per heavy atom. The van der Waals surface area contributed by atoms with E-state index in [1.54, 1.807) is 0 Å². The van der Waals surface area contributed by atoms with Crippen molar-refractivity contribution in [1.29, 1.82) is 0 Å². The van der Waals surface area contributed by atoms with E-state index in [0.717, 1.165) is 46.4 Å². The number of hydrogen-bond acceptors (Lipinski definition) is 6. The lowest BCUT2D eigenvalue weighted by molar-refractivity contribution is -0.137. The molecular weight excluding hydrogens is 551 g/mol. The number of thiazole rings is 1. The largest absolute Gasteiger partial charge is 0.416 e. The second-order valence-electron chi connectivity index (χ2n) is 10.5. The van der Waals surface area contributed by atoms with Crippen molar-refractivity contribution >= 4 is 46.5 Å². The fraction of sp³-hybridized carbons (Fsp3) is 0.333. The molecule has 1 aromatic heterocycles. The van der Waals surface area contributed by atoms with Crippen LogP contribution >= 0.6 is 23.1 Å². The summed E-state index contributed by atoms with van der Waals surface area (Å²) in [6, 6.07) is 11.9. The molecule has 3 atom stereocenters. The number of alkyl halides is 3. The first-order chi connectivity index (χ1) is 18.2. The minimum absolute atomic E-state index is 0.0581. The van der Waals surface area contributed by atoms with Crippen LogP contribution in [0.15, 0.2) is 58.4 Å². The van der Waals surface area contributed by atoms with Crippen LogP contribution in [-0.2, 0) is 32.5 Å². The number of nitrogens with one attached hydrogen (secondary N) is 2. The number of fused-ring (bicyclic) bond motifs is 2. The number of halogens is 3. The Balaban J connectivity index is 1.49. The molecule has 0 saturated carbocycles. The molecule has 1 saturated heterocycles.